The molecule has 5 nitrogen and oxygen atoms in total. The van der Waals surface area contributed by atoms with Gasteiger partial charge in [-0.3, -0.25) is 9.69 Å². The Hall–Kier alpha value is -2.26. The van der Waals surface area contributed by atoms with Gasteiger partial charge in [0.25, 0.3) is 5.91 Å². The number of likely N-dealkylation sites (N-methyl/N-ethyl adjacent to an activating group) is 1. The van der Waals surface area contributed by atoms with Crippen LogP contribution in [0.4, 0.5) is 5.69 Å². The lowest BCUT2D eigenvalue weighted by Crippen LogP contribution is -2.28. The predicted octanol–water partition coefficient (Wildman–Crippen LogP) is 8.08. The van der Waals surface area contributed by atoms with Gasteiger partial charge in [0.1, 0.15) is 12.4 Å². The Kier molecular flexibility index (Phi) is 8.59. The van der Waals surface area contributed by atoms with Crippen molar-refractivity contribution in [2.24, 2.45) is 4.99 Å². The minimum absolute atomic E-state index is 0.0902. The SMILES string of the molecule is CCN1C(=O)/C(=C\c2cc(Cl)c(OCc3ccc(Br)cc3)c(Br)c2)SC1=Nc1ccc(OC)cc1. The number of aliphatic imine (C=N–C) groups is 1. The van der Waals surface area contributed by atoms with Crippen LogP contribution < -0.4 is 9.47 Å². The number of carbonyl (C=O) groups is 1. The van der Waals surface area contributed by atoms with Gasteiger partial charge >= 0.3 is 0 Å². The molecular weight excluding hydrogens is 616 g/mol. The highest BCUT2D eigenvalue weighted by Crippen LogP contribution is 2.38. The lowest BCUT2D eigenvalue weighted by atomic mass is 10.2. The second-order valence-corrected chi connectivity index (χ2v) is 10.7. The number of hydrogen-bond acceptors (Lipinski definition) is 5. The Morgan fingerprint density at radius 3 is 2.43 bits per heavy atom. The van der Waals surface area contributed by atoms with Gasteiger partial charge in [-0.15, -0.1) is 0 Å². The van der Waals surface area contributed by atoms with E-state index in [0.717, 1.165) is 27.0 Å². The van der Waals surface area contributed by atoms with Crippen LogP contribution in [0, 0.1) is 0 Å². The molecule has 1 amide bonds. The normalized spacial score (nSPS) is 15.8. The highest BCUT2D eigenvalue weighted by Gasteiger charge is 2.32. The zero-order chi connectivity index (χ0) is 24.9. The molecule has 9 heteroatoms. The number of thioether (sulfide) groups is 1. The second kappa shape index (κ2) is 11.6. The molecule has 3 aromatic carbocycles. The number of rotatable bonds is 7. The number of carbonyl (C=O) groups excluding carboxylic acids is 1. The summed E-state index contributed by atoms with van der Waals surface area (Å²) < 4.78 is 12.9. The molecule has 4 rings (SSSR count). The van der Waals surface area contributed by atoms with Gasteiger partial charge in [0.2, 0.25) is 0 Å². The number of hydrogen-bond donors (Lipinski definition) is 0. The lowest BCUT2D eigenvalue weighted by Gasteiger charge is -2.12. The summed E-state index contributed by atoms with van der Waals surface area (Å²) in [5, 5.41) is 1.09. The standard InChI is InChI=1S/C26H21Br2ClN2O3S/c1-3-31-25(32)23(35-26(31)30-19-8-10-20(33-2)11-9-19)14-17-12-21(28)24(22(29)13-17)34-15-16-4-6-18(27)7-5-16/h4-14H,3,15H2,1-2H3/b23-14+,30-26?. The molecule has 0 unspecified atom stereocenters. The molecule has 180 valence electrons. The van der Waals surface area contributed by atoms with Crippen molar-refractivity contribution in [2.45, 2.75) is 13.5 Å². The minimum Gasteiger partial charge on any atom is -0.497 e. The summed E-state index contributed by atoms with van der Waals surface area (Å²) in [5.74, 6) is 1.22. The fourth-order valence-electron chi connectivity index (χ4n) is 3.33. The first-order valence-corrected chi connectivity index (χ1v) is 13.5. The largest absolute Gasteiger partial charge is 0.497 e. The molecule has 35 heavy (non-hydrogen) atoms. The second-order valence-electron chi connectivity index (χ2n) is 7.48. The Bertz CT molecular complexity index is 1270. The molecule has 1 aliphatic rings. The Morgan fingerprint density at radius 1 is 1.09 bits per heavy atom. The van der Waals surface area contributed by atoms with Gasteiger partial charge in [-0.1, -0.05) is 39.7 Å². The highest BCUT2D eigenvalue weighted by molar-refractivity contribution is 9.10. The van der Waals surface area contributed by atoms with E-state index in [1.807, 2.05) is 67.6 Å². The third-order valence-corrected chi connectivity index (χ3v) is 7.52. The Labute approximate surface area is 230 Å². The van der Waals surface area contributed by atoms with Gasteiger partial charge in [-0.25, -0.2) is 4.99 Å². The summed E-state index contributed by atoms with van der Waals surface area (Å²) in [7, 11) is 1.62. The zero-order valence-corrected chi connectivity index (χ0v) is 23.7. The van der Waals surface area contributed by atoms with Crippen molar-refractivity contribution in [2.75, 3.05) is 13.7 Å². The molecule has 0 N–H and O–H groups in total. The van der Waals surface area contributed by atoms with E-state index >= 15 is 0 Å². The van der Waals surface area contributed by atoms with Gasteiger partial charge in [-0.2, -0.15) is 0 Å². The van der Waals surface area contributed by atoms with Crippen molar-refractivity contribution in [1.82, 2.24) is 4.90 Å². The van der Waals surface area contributed by atoms with Crippen LogP contribution in [-0.4, -0.2) is 29.6 Å². The summed E-state index contributed by atoms with van der Waals surface area (Å²) in [6.07, 6.45) is 1.82. The molecule has 1 aliphatic heterocycles. The van der Waals surface area contributed by atoms with Crippen molar-refractivity contribution >= 4 is 78.1 Å². The Balaban J connectivity index is 1.54. The van der Waals surface area contributed by atoms with E-state index in [9.17, 15) is 4.79 Å². The zero-order valence-electron chi connectivity index (χ0n) is 18.9. The molecule has 0 aromatic heterocycles. The average molecular weight is 637 g/mol. The van der Waals surface area contributed by atoms with E-state index in [2.05, 4.69) is 36.9 Å². The molecule has 0 radical (unpaired) electrons. The van der Waals surface area contributed by atoms with Crippen LogP contribution in [0.5, 0.6) is 11.5 Å². The lowest BCUT2D eigenvalue weighted by molar-refractivity contribution is -0.122. The molecule has 0 spiro atoms. The van der Waals surface area contributed by atoms with E-state index in [4.69, 9.17) is 21.1 Å². The number of halogens is 3. The van der Waals surface area contributed by atoms with E-state index < -0.39 is 0 Å². The maximum absolute atomic E-state index is 13.0. The van der Waals surface area contributed by atoms with Crippen LogP contribution in [0.3, 0.4) is 0 Å². The van der Waals surface area contributed by atoms with E-state index in [1.165, 1.54) is 11.8 Å². The number of amidine groups is 1. The third kappa shape index (κ3) is 6.30. The molecule has 1 saturated heterocycles. The summed E-state index contributed by atoms with van der Waals surface area (Å²) in [6, 6.07) is 19.0. The van der Waals surface area contributed by atoms with E-state index in [1.54, 1.807) is 18.1 Å². The first-order valence-electron chi connectivity index (χ1n) is 10.7. The maximum Gasteiger partial charge on any atom is 0.266 e. The molecule has 1 heterocycles. The molecule has 0 aliphatic carbocycles. The van der Waals surface area contributed by atoms with Gasteiger partial charge in [0.05, 0.1) is 27.2 Å². The third-order valence-electron chi connectivity index (χ3n) is 5.12. The number of nitrogens with zero attached hydrogens (tertiary/aromatic N) is 2. The van der Waals surface area contributed by atoms with Gasteiger partial charge in [0, 0.05) is 11.0 Å². The number of amides is 1. The topological polar surface area (TPSA) is 51.1 Å². The minimum atomic E-state index is -0.0902. The van der Waals surface area contributed by atoms with Crippen LogP contribution in [0.25, 0.3) is 6.08 Å². The molecule has 3 aromatic rings. The van der Waals surface area contributed by atoms with Crippen LogP contribution in [-0.2, 0) is 11.4 Å². The summed E-state index contributed by atoms with van der Waals surface area (Å²) in [4.78, 5) is 19.9. The maximum atomic E-state index is 13.0. The smallest absolute Gasteiger partial charge is 0.266 e. The number of methoxy groups -OCH3 is 1. The van der Waals surface area contributed by atoms with E-state index in [0.29, 0.717) is 38.5 Å². The fraction of sp³-hybridized carbons (Fsp3) is 0.154. The van der Waals surface area contributed by atoms with Crippen LogP contribution >= 0.6 is 55.2 Å². The number of ether oxygens (including phenoxy) is 2. The molecule has 0 bridgehead atoms. The van der Waals surface area contributed by atoms with Crippen molar-refractivity contribution in [3.05, 3.63) is 90.7 Å². The average Bonchev–Trinajstić information content (AvgIpc) is 3.13. The van der Waals surface area contributed by atoms with Gasteiger partial charge in [-0.05, 0) is 100 Å². The van der Waals surface area contributed by atoms with Gasteiger partial charge < -0.3 is 9.47 Å². The molecule has 0 atom stereocenters. The van der Waals surface area contributed by atoms with Crippen LogP contribution in [0.2, 0.25) is 5.02 Å². The van der Waals surface area contributed by atoms with Crippen LogP contribution in [0.1, 0.15) is 18.1 Å². The molecular formula is C26H21Br2ClN2O3S. The summed E-state index contributed by atoms with van der Waals surface area (Å²) in [6.45, 7) is 2.83. The molecule has 0 saturated carbocycles. The first kappa shape index (κ1) is 25.8. The van der Waals surface area contributed by atoms with Crippen LogP contribution in [0.15, 0.2) is 79.5 Å². The van der Waals surface area contributed by atoms with Crippen molar-refractivity contribution in [1.29, 1.82) is 0 Å². The molecule has 1 fully saturated rings. The highest BCUT2D eigenvalue weighted by atomic mass is 79.9. The fourth-order valence-corrected chi connectivity index (χ4v) is 5.64. The predicted molar refractivity (Wildman–Crippen MR) is 151 cm³/mol. The van der Waals surface area contributed by atoms with Crippen molar-refractivity contribution in [3.8, 4) is 11.5 Å². The van der Waals surface area contributed by atoms with Crippen molar-refractivity contribution in [3.63, 3.8) is 0 Å². The van der Waals surface area contributed by atoms with Gasteiger partial charge in [0.15, 0.2) is 10.9 Å². The first-order chi connectivity index (χ1) is 16.9. The quantitative estimate of drug-likeness (QED) is 0.246. The monoisotopic (exact) mass is 634 g/mol. The number of benzene rings is 3. The Morgan fingerprint density at radius 2 is 1.80 bits per heavy atom. The summed E-state index contributed by atoms with van der Waals surface area (Å²) in [5.41, 5.74) is 2.56. The van der Waals surface area contributed by atoms with Crippen molar-refractivity contribution < 1.29 is 14.3 Å². The van der Waals surface area contributed by atoms with E-state index in [-0.39, 0.29) is 5.91 Å². The summed E-state index contributed by atoms with van der Waals surface area (Å²) >= 11 is 14.9.